The number of benzene rings is 1. The third-order valence-corrected chi connectivity index (χ3v) is 4.77. The number of guanidine groups is 1. The van der Waals surface area contributed by atoms with E-state index in [0.717, 1.165) is 32.0 Å². The lowest BCUT2D eigenvalue weighted by atomic mass is 10.0. The van der Waals surface area contributed by atoms with Crippen molar-refractivity contribution in [1.29, 1.82) is 0 Å². The van der Waals surface area contributed by atoms with Crippen LogP contribution in [0.2, 0.25) is 0 Å². The van der Waals surface area contributed by atoms with Crippen LogP contribution in [0.15, 0.2) is 35.3 Å². The van der Waals surface area contributed by atoms with Crippen molar-refractivity contribution in [2.24, 2.45) is 4.99 Å². The Kier molecular flexibility index (Phi) is 5.88. The summed E-state index contributed by atoms with van der Waals surface area (Å²) in [6.07, 6.45) is 1.13. The Morgan fingerprint density at radius 1 is 1.30 bits per heavy atom. The highest BCUT2D eigenvalue weighted by Crippen LogP contribution is 2.19. The molecule has 0 aromatic heterocycles. The van der Waals surface area contributed by atoms with E-state index in [9.17, 15) is 0 Å². The van der Waals surface area contributed by atoms with Crippen LogP contribution in [0.25, 0.3) is 0 Å². The number of anilines is 1. The molecule has 0 radical (unpaired) electrons. The second-order valence-corrected chi connectivity index (χ2v) is 7.04. The van der Waals surface area contributed by atoms with Crippen LogP contribution >= 0.6 is 0 Å². The lowest BCUT2D eigenvalue weighted by Gasteiger charge is -2.33. The highest BCUT2D eigenvalue weighted by Gasteiger charge is 2.25. The molecule has 23 heavy (non-hydrogen) atoms. The monoisotopic (exact) mass is 317 g/mol. The number of nitrogens with zero attached hydrogens (tertiary/aromatic N) is 3. The fourth-order valence-electron chi connectivity index (χ4n) is 2.60. The van der Waals surface area contributed by atoms with Gasteiger partial charge in [0.15, 0.2) is 5.96 Å². The van der Waals surface area contributed by atoms with Crippen LogP contribution in [0.3, 0.4) is 0 Å². The van der Waals surface area contributed by atoms with E-state index < -0.39 is 0 Å². The molecular formula is C18H31N5. The van der Waals surface area contributed by atoms with Gasteiger partial charge < -0.3 is 20.4 Å². The van der Waals surface area contributed by atoms with Gasteiger partial charge in [-0.15, -0.1) is 0 Å². The SMILES string of the molecule is CN=C(NCC(C)(C)N(C)C)NC1CCN(c2ccccc2)C1. The summed E-state index contributed by atoms with van der Waals surface area (Å²) >= 11 is 0. The summed E-state index contributed by atoms with van der Waals surface area (Å²) in [6.45, 7) is 7.40. The maximum atomic E-state index is 4.37. The minimum atomic E-state index is 0.0867. The molecule has 1 fully saturated rings. The molecule has 1 aromatic rings. The maximum Gasteiger partial charge on any atom is 0.191 e. The van der Waals surface area contributed by atoms with E-state index >= 15 is 0 Å². The molecule has 1 heterocycles. The zero-order valence-electron chi connectivity index (χ0n) is 15.1. The summed E-state index contributed by atoms with van der Waals surface area (Å²) in [4.78, 5) is 9.02. The zero-order valence-corrected chi connectivity index (χ0v) is 15.1. The van der Waals surface area contributed by atoms with E-state index in [1.165, 1.54) is 5.69 Å². The van der Waals surface area contributed by atoms with Crippen LogP contribution in [0.4, 0.5) is 5.69 Å². The van der Waals surface area contributed by atoms with Crippen LogP contribution in [0, 0.1) is 0 Å². The van der Waals surface area contributed by atoms with Crippen molar-refractivity contribution in [3.8, 4) is 0 Å². The van der Waals surface area contributed by atoms with Gasteiger partial charge in [0, 0.05) is 44.0 Å². The normalized spacial score (nSPS) is 19.3. The molecule has 0 saturated carbocycles. The molecule has 1 atom stereocenters. The van der Waals surface area contributed by atoms with Gasteiger partial charge in [0.1, 0.15) is 0 Å². The smallest absolute Gasteiger partial charge is 0.191 e. The molecule has 128 valence electrons. The third-order valence-electron chi connectivity index (χ3n) is 4.77. The molecule has 1 aromatic carbocycles. The van der Waals surface area contributed by atoms with Gasteiger partial charge in [-0.2, -0.15) is 0 Å². The van der Waals surface area contributed by atoms with Crippen molar-refractivity contribution in [2.75, 3.05) is 45.7 Å². The average molecular weight is 317 g/mol. The highest BCUT2D eigenvalue weighted by atomic mass is 15.3. The highest BCUT2D eigenvalue weighted by molar-refractivity contribution is 5.80. The molecule has 2 rings (SSSR count). The van der Waals surface area contributed by atoms with Crippen molar-refractivity contribution < 1.29 is 0 Å². The van der Waals surface area contributed by atoms with Crippen LogP contribution in [-0.2, 0) is 0 Å². The summed E-state index contributed by atoms with van der Waals surface area (Å²) in [6, 6.07) is 11.0. The van der Waals surface area contributed by atoms with Gasteiger partial charge in [0.05, 0.1) is 0 Å². The number of hydrogen-bond acceptors (Lipinski definition) is 3. The van der Waals surface area contributed by atoms with Gasteiger partial charge in [-0.05, 0) is 46.5 Å². The number of rotatable bonds is 5. The predicted octanol–water partition coefficient (Wildman–Crippen LogP) is 1.77. The molecule has 5 nitrogen and oxygen atoms in total. The molecule has 2 N–H and O–H groups in total. The van der Waals surface area contributed by atoms with Gasteiger partial charge in [-0.1, -0.05) is 18.2 Å². The first-order chi connectivity index (χ1) is 10.9. The Bertz CT molecular complexity index is 509. The number of nitrogens with one attached hydrogen (secondary N) is 2. The van der Waals surface area contributed by atoms with Gasteiger partial charge in [-0.3, -0.25) is 4.99 Å². The van der Waals surface area contributed by atoms with Crippen molar-refractivity contribution in [3.05, 3.63) is 30.3 Å². The van der Waals surface area contributed by atoms with Crippen molar-refractivity contribution in [1.82, 2.24) is 15.5 Å². The number of aliphatic imine (C=N–C) groups is 1. The van der Waals surface area contributed by atoms with Gasteiger partial charge in [0.2, 0.25) is 0 Å². The fourth-order valence-corrected chi connectivity index (χ4v) is 2.60. The molecule has 1 saturated heterocycles. The van der Waals surface area contributed by atoms with E-state index in [2.05, 4.69) is 83.7 Å². The molecule has 5 heteroatoms. The molecule has 1 aliphatic heterocycles. The van der Waals surface area contributed by atoms with Crippen molar-refractivity contribution >= 4 is 11.6 Å². The molecule has 0 spiro atoms. The summed E-state index contributed by atoms with van der Waals surface area (Å²) in [5.74, 6) is 0.889. The lowest BCUT2D eigenvalue weighted by molar-refractivity contribution is 0.197. The van der Waals surface area contributed by atoms with E-state index in [4.69, 9.17) is 0 Å². The van der Waals surface area contributed by atoms with E-state index in [-0.39, 0.29) is 5.54 Å². The third kappa shape index (κ3) is 4.86. The molecule has 1 aliphatic rings. The maximum absolute atomic E-state index is 4.37. The summed E-state index contributed by atoms with van der Waals surface area (Å²) in [5.41, 5.74) is 1.39. The van der Waals surface area contributed by atoms with Crippen LogP contribution in [-0.4, -0.2) is 63.2 Å². The second-order valence-electron chi connectivity index (χ2n) is 7.04. The van der Waals surface area contributed by atoms with Gasteiger partial charge >= 0.3 is 0 Å². The van der Waals surface area contributed by atoms with Crippen LogP contribution < -0.4 is 15.5 Å². The largest absolute Gasteiger partial charge is 0.369 e. The molecule has 1 unspecified atom stereocenters. The number of hydrogen-bond donors (Lipinski definition) is 2. The molecular weight excluding hydrogens is 286 g/mol. The first kappa shape index (κ1) is 17.6. The Morgan fingerprint density at radius 2 is 2.00 bits per heavy atom. The Hall–Kier alpha value is -1.75. The van der Waals surface area contributed by atoms with E-state index in [1.54, 1.807) is 0 Å². The Balaban J connectivity index is 1.84. The van der Waals surface area contributed by atoms with Crippen LogP contribution in [0.1, 0.15) is 20.3 Å². The summed E-state index contributed by atoms with van der Waals surface area (Å²) in [7, 11) is 6.04. The second kappa shape index (κ2) is 7.68. The Morgan fingerprint density at radius 3 is 2.61 bits per heavy atom. The Labute approximate surface area is 140 Å². The topological polar surface area (TPSA) is 42.9 Å². The zero-order chi connectivity index (χ0) is 16.9. The molecule has 0 bridgehead atoms. The minimum absolute atomic E-state index is 0.0867. The molecule has 0 aliphatic carbocycles. The van der Waals surface area contributed by atoms with E-state index in [0.29, 0.717) is 6.04 Å². The van der Waals surface area contributed by atoms with Crippen LogP contribution in [0.5, 0.6) is 0 Å². The molecule has 0 amide bonds. The number of para-hydroxylation sites is 1. The van der Waals surface area contributed by atoms with E-state index in [1.807, 2.05) is 7.05 Å². The summed E-state index contributed by atoms with van der Waals surface area (Å²) < 4.78 is 0. The standard InChI is InChI=1S/C18H31N5/c1-18(2,22(4)5)14-20-17(19-3)21-15-11-12-23(13-15)16-9-7-6-8-10-16/h6-10,15H,11-14H2,1-5H3,(H2,19,20,21). The van der Waals surface area contributed by atoms with Gasteiger partial charge in [0.25, 0.3) is 0 Å². The lowest BCUT2D eigenvalue weighted by Crippen LogP contribution is -2.52. The first-order valence-corrected chi connectivity index (χ1v) is 8.37. The fraction of sp³-hybridized carbons (Fsp3) is 0.611. The average Bonchev–Trinajstić information content (AvgIpc) is 3.00. The quantitative estimate of drug-likeness (QED) is 0.642. The first-order valence-electron chi connectivity index (χ1n) is 8.37. The van der Waals surface area contributed by atoms with Crippen molar-refractivity contribution in [2.45, 2.75) is 31.8 Å². The van der Waals surface area contributed by atoms with Crippen molar-refractivity contribution in [3.63, 3.8) is 0 Å². The summed E-state index contributed by atoms with van der Waals surface area (Å²) in [5, 5.41) is 7.01. The van der Waals surface area contributed by atoms with Gasteiger partial charge in [-0.25, -0.2) is 0 Å². The number of likely N-dealkylation sites (N-methyl/N-ethyl adjacent to an activating group) is 1. The minimum Gasteiger partial charge on any atom is -0.369 e. The predicted molar refractivity (Wildman–Crippen MR) is 99.3 cm³/mol.